The molecule has 6 heteroatoms. The van der Waals surface area contributed by atoms with Crippen LogP contribution in [0.2, 0.25) is 0 Å². The van der Waals surface area contributed by atoms with Gasteiger partial charge in [0.25, 0.3) is 23.6 Å². The monoisotopic (exact) mass is 504 g/mol. The lowest BCUT2D eigenvalue weighted by atomic mass is 9.80. The van der Waals surface area contributed by atoms with Crippen LogP contribution >= 0.6 is 0 Å². The summed E-state index contributed by atoms with van der Waals surface area (Å²) in [5, 5.41) is 0. The Hall–Kier alpha value is -4.58. The van der Waals surface area contributed by atoms with Crippen LogP contribution in [0, 0.1) is 0 Å². The van der Waals surface area contributed by atoms with Crippen LogP contribution < -0.4 is 9.80 Å². The molecule has 0 radical (unpaired) electrons. The fourth-order valence-corrected chi connectivity index (χ4v) is 5.17. The highest BCUT2D eigenvalue weighted by molar-refractivity contribution is 6.28. The molecular weight excluding hydrogens is 476 g/mol. The van der Waals surface area contributed by atoms with Crippen molar-refractivity contribution in [3.63, 3.8) is 0 Å². The van der Waals surface area contributed by atoms with Crippen molar-refractivity contribution in [3.8, 4) is 22.3 Å². The third-order valence-corrected chi connectivity index (χ3v) is 6.95. The fourth-order valence-electron chi connectivity index (χ4n) is 5.17. The van der Waals surface area contributed by atoms with Crippen molar-refractivity contribution in [3.05, 3.63) is 96.1 Å². The van der Waals surface area contributed by atoms with Crippen molar-refractivity contribution in [2.45, 2.75) is 39.5 Å². The highest BCUT2D eigenvalue weighted by Crippen LogP contribution is 2.42. The largest absolute Gasteiger partial charge is 0.269 e. The molecule has 2 heterocycles. The summed E-state index contributed by atoms with van der Waals surface area (Å²) < 4.78 is 0. The van der Waals surface area contributed by atoms with Crippen molar-refractivity contribution in [2.75, 3.05) is 9.80 Å². The topological polar surface area (TPSA) is 74.8 Å². The fraction of sp³-hybridized carbons (Fsp3) is 0.188. The van der Waals surface area contributed by atoms with Crippen LogP contribution in [0.3, 0.4) is 0 Å². The number of nitrogens with zero attached hydrogens (tertiary/aromatic N) is 2. The van der Waals surface area contributed by atoms with Crippen molar-refractivity contribution in [2.24, 2.45) is 0 Å². The van der Waals surface area contributed by atoms with Crippen LogP contribution in [0.4, 0.5) is 11.4 Å². The Morgan fingerprint density at radius 2 is 0.921 bits per heavy atom. The number of anilines is 2. The second kappa shape index (κ2) is 9.71. The first-order valence-electron chi connectivity index (χ1n) is 12.7. The molecule has 3 aromatic carbocycles. The quantitative estimate of drug-likeness (QED) is 0.379. The number of imide groups is 2. The van der Waals surface area contributed by atoms with Gasteiger partial charge < -0.3 is 0 Å². The van der Waals surface area contributed by atoms with E-state index in [1.54, 1.807) is 12.1 Å². The van der Waals surface area contributed by atoms with Gasteiger partial charge in [0, 0.05) is 24.3 Å². The highest BCUT2D eigenvalue weighted by Gasteiger charge is 2.27. The van der Waals surface area contributed by atoms with Crippen molar-refractivity contribution in [1.82, 2.24) is 0 Å². The van der Waals surface area contributed by atoms with Gasteiger partial charge in [-0.2, -0.15) is 0 Å². The maximum atomic E-state index is 12.1. The summed E-state index contributed by atoms with van der Waals surface area (Å²) in [6.45, 7) is 8.65. The molecular formula is C32H28N2O4. The molecule has 4 amide bonds. The summed E-state index contributed by atoms with van der Waals surface area (Å²) >= 11 is 0. The number of carbonyl (C=O) groups excluding carboxylic acids is 4. The van der Waals surface area contributed by atoms with Crippen LogP contribution in [-0.2, 0) is 19.2 Å². The van der Waals surface area contributed by atoms with Crippen LogP contribution in [0.1, 0.15) is 50.7 Å². The molecule has 0 spiro atoms. The molecule has 190 valence electrons. The van der Waals surface area contributed by atoms with Gasteiger partial charge >= 0.3 is 0 Å². The predicted octanol–water partition coefficient (Wildman–Crippen LogP) is 6.13. The first-order chi connectivity index (χ1) is 18.2. The molecule has 0 saturated carbocycles. The number of benzene rings is 3. The Morgan fingerprint density at radius 1 is 0.500 bits per heavy atom. The van der Waals surface area contributed by atoms with E-state index in [1.165, 1.54) is 40.3 Å². The molecule has 5 rings (SSSR count). The van der Waals surface area contributed by atoms with Gasteiger partial charge in [0.2, 0.25) is 0 Å². The number of rotatable bonds is 6. The second-order valence-corrected chi connectivity index (χ2v) is 10.1. The molecule has 0 bridgehead atoms. The lowest BCUT2D eigenvalue weighted by molar-refractivity contribution is -0.121. The Labute approximate surface area is 221 Å². The summed E-state index contributed by atoms with van der Waals surface area (Å²) in [6.07, 6.45) is 5.12. The summed E-state index contributed by atoms with van der Waals surface area (Å²) in [5.74, 6) is -0.908. The summed E-state index contributed by atoms with van der Waals surface area (Å²) in [5.41, 5.74) is 7.66. The van der Waals surface area contributed by atoms with E-state index in [0.717, 1.165) is 27.2 Å². The molecule has 0 atom stereocenters. The third-order valence-electron chi connectivity index (χ3n) is 6.95. The van der Waals surface area contributed by atoms with Crippen LogP contribution in [-0.4, -0.2) is 23.6 Å². The highest BCUT2D eigenvalue weighted by atomic mass is 16.2. The smallest absolute Gasteiger partial charge is 0.258 e. The van der Waals surface area contributed by atoms with Gasteiger partial charge in [-0.15, -0.1) is 0 Å². The van der Waals surface area contributed by atoms with E-state index in [1.807, 2.05) is 36.4 Å². The minimum Gasteiger partial charge on any atom is -0.269 e. The minimum absolute atomic E-state index is 0.190. The molecule has 0 aliphatic carbocycles. The predicted molar refractivity (Wildman–Crippen MR) is 149 cm³/mol. The van der Waals surface area contributed by atoms with E-state index in [2.05, 4.69) is 39.8 Å². The zero-order chi connectivity index (χ0) is 27.1. The van der Waals surface area contributed by atoms with Gasteiger partial charge in [-0.05, 0) is 69.5 Å². The molecule has 0 saturated heterocycles. The molecule has 6 nitrogen and oxygen atoms in total. The normalized spacial score (nSPS) is 15.2. The Morgan fingerprint density at radius 3 is 1.32 bits per heavy atom. The van der Waals surface area contributed by atoms with Crippen molar-refractivity contribution in [1.29, 1.82) is 0 Å². The van der Waals surface area contributed by atoms with Crippen LogP contribution in [0.5, 0.6) is 0 Å². The number of hydrogen-bond acceptors (Lipinski definition) is 4. The van der Waals surface area contributed by atoms with Crippen LogP contribution in [0.15, 0.2) is 85.0 Å². The molecule has 38 heavy (non-hydrogen) atoms. The van der Waals surface area contributed by atoms with E-state index < -0.39 is 0 Å². The van der Waals surface area contributed by atoms with E-state index in [0.29, 0.717) is 11.4 Å². The van der Waals surface area contributed by atoms with Gasteiger partial charge in [-0.3, -0.25) is 19.2 Å². The minimum atomic E-state index is -0.342. The molecule has 0 fully saturated rings. The Bertz CT molecular complexity index is 1490. The zero-order valence-electron chi connectivity index (χ0n) is 21.8. The summed E-state index contributed by atoms with van der Waals surface area (Å²) in [7, 11) is 0. The lowest BCUT2D eigenvalue weighted by Gasteiger charge is -2.24. The van der Waals surface area contributed by atoms with E-state index >= 15 is 0 Å². The standard InChI is InChI=1S/C32H28N2O4/c1-19(2)25-13-14-26(21-5-9-23(10-6-21)33-27(35)15-16-28(33)36)31(20(3)4)32(25)22-7-11-24(12-8-22)34-29(37)17-18-30(34)38/h5-20H,1-4H3. The lowest BCUT2D eigenvalue weighted by Crippen LogP contribution is -2.29. The summed E-state index contributed by atoms with van der Waals surface area (Å²) in [4.78, 5) is 50.8. The number of amides is 4. The van der Waals surface area contributed by atoms with E-state index in [9.17, 15) is 19.2 Å². The van der Waals surface area contributed by atoms with E-state index in [-0.39, 0.29) is 35.5 Å². The van der Waals surface area contributed by atoms with Crippen LogP contribution in [0.25, 0.3) is 22.3 Å². The van der Waals surface area contributed by atoms with Gasteiger partial charge in [0.1, 0.15) is 0 Å². The number of carbonyl (C=O) groups is 4. The Balaban J connectivity index is 1.59. The maximum Gasteiger partial charge on any atom is 0.258 e. The molecule has 3 aromatic rings. The molecule has 0 aromatic heterocycles. The molecule has 2 aliphatic heterocycles. The maximum absolute atomic E-state index is 12.1. The van der Waals surface area contributed by atoms with Gasteiger partial charge in [-0.1, -0.05) is 64.1 Å². The summed E-state index contributed by atoms with van der Waals surface area (Å²) in [6, 6.07) is 19.3. The number of hydrogen-bond donors (Lipinski definition) is 0. The third kappa shape index (κ3) is 4.28. The average molecular weight is 505 g/mol. The van der Waals surface area contributed by atoms with Gasteiger partial charge in [0.05, 0.1) is 11.4 Å². The SMILES string of the molecule is CC(C)c1ccc(-c2ccc(N3C(=O)C=CC3=O)cc2)c(C(C)C)c1-c1ccc(N2C(=O)C=CC2=O)cc1. The van der Waals surface area contributed by atoms with Crippen molar-refractivity contribution >= 4 is 35.0 Å². The van der Waals surface area contributed by atoms with Gasteiger partial charge in [0.15, 0.2) is 0 Å². The second-order valence-electron chi connectivity index (χ2n) is 10.1. The molecule has 0 unspecified atom stereocenters. The Kier molecular flexibility index (Phi) is 6.41. The first-order valence-corrected chi connectivity index (χ1v) is 12.7. The molecule has 2 aliphatic rings. The van der Waals surface area contributed by atoms with E-state index in [4.69, 9.17) is 0 Å². The van der Waals surface area contributed by atoms with Gasteiger partial charge in [-0.25, -0.2) is 9.80 Å². The molecule has 0 N–H and O–H groups in total. The average Bonchev–Trinajstić information content (AvgIpc) is 3.42. The van der Waals surface area contributed by atoms with Crippen molar-refractivity contribution < 1.29 is 19.2 Å². The first kappa shape index (κ1) is 25.1. The zero-order valence-corrected chi connectivity index (χ0v) is 21.8.